The summed E-state index contributed by atoms with van der Waals surface area (Å²) in [6, 6.07) is 20.0. The molecule has 0 saturated carbocycles. The standard InChI is InChI=1S/C22H21NO5S/c24-22(23-13-21(14-23)29(25,26)16-20-10-5-11-27-20)18-8-4-9-19(12-18)28-15-17-6-2-1-3-7-17/h1-12,21H,13-16H2. The quantitative estimate of drug-likeness (QED) is 0.596. The molecule has 150 valence electrons. The summed E-state index contributed by atoms with van der Waals surface area (Å²) in [6.45, 7) is 0.795. The summed E-state index contributed by atoms with van der Waals surface area (Å²) in [5.41, 5.74) is 1.52. The predicted octanol–water partition coefficient (Wildman–Crippen LogP) is 3.30. The van der Waals surface area contributed by atoms with E-state index in [1.807, 2.05) is 30.3 Å². The lowest BCUT2D eigenvalue weighted by atomic mass is 10.1. The van der Waals surface area contributed by atoms with Gasteiger partial charge in [0.1, 0.15) is 23.9 Å². The molecule has 0 unspecified atom stereocenters. The van der Waals surface area contributed by atoms with Crippen molar-refractivity contribution >= 4 is 15.7 Å². The Kier molecular flexibility index (Phi) is 5.40. The van der Waals surface area contributed by atoms with E-state index in [1.54, 1.807) is 41.3 Å². The smallest absolute Gasteiger partial charge is 0.254 e. The first-order valence-electron chi connectivity index (χ1n) is 9.31. The minimum atomic E-state index is -3.35. The molecule has 6 nitrogen and oxygen atoms in total. The van der Waals surface area contributed by atoms with E-state index in [1.165, 1.54) is 6.26 Å². The first kappa shape index (κ1) is 19.3. The Balaban J connectivity index is 1.34. The third-order valence-corrected chi connectivity index (χ3v) is 6.90. The number of benzene rings is 2. The van der Waals surface area contributed by atoms with Gasteiger partial charge in [-0.25, -0.2) is 8.42 Å². The molecule has 3 aromatic rings. The number of sulfone groups is 1. The van der Waals surface area contributed by atoms with Crippen LogP contribution in [-0.4, -0.2) is 37.6 Å². The number of hydrogen-bond donors (Lipinski definition) is 0. The molecule has 1 amide bonds. The zero-order valence-corrected chi connectivity index (χ0v) is 16.5. The molecule has 1 fully saturated rings. The van der Waals surface area contributed by atoms with Crippen LogP contribution in [0.2, 0.25) is 0 Å². The van der Waals surface area contributed by atoms with Gasteiger partial charge in [-0.2, -0.15) is 0 Å². The Labute approximate surface area is 169 Å². The molecule has 0 spiro atoms. The average molecular weight is 411 g/mol. The Morgan fingerprint density at radius 1 is 1.03 bits per heavy atom. The predicted molar refractivity (Wildman–Crippen MR) is 108 cm³/mol. The van der Waals surface area contributed by atoms with Crippen molar-refractivity contribution in [2.45, 2.75) is 17.6 Å². The maximum absolute atomic E-state index is 12.7. The van der Waals surface area contributed by atoms with E-state index in [4.69, 9.17) is 9.15 Å². The molecule has 1 aromatic heterocycles. The number of likely N-dealkylation sites (tertiary alicyclic amines) is 1. The van der Waals surface area contributed by atoms with Crippen LogP contribution in [0.15, 0.2) is 77.4 Å². The molecule has 29 heavy (non-hydrogen) atoms. The monoisotopic (exact) mass is 411 g/mol. The van der Waals surface area contributed by atoms with Gasteiger partial charge in [-0.1, -0.05) is 36.4 Å². The molecule has 0 atom stereocenters. The number of amides is 1. The lowest BCUT2D eigenvalue weighted by Gasteiger charge is -2.38. The molecule has 7 heteroatoms. The van der Waals surface area contributed by atoms with Gasteiger partial charge in [0.25, 0.3) is 5.91 Å². The van der Waals surface area contributed by atoms with Crippen molar-refractivity contribution in [3.63, 3.8) is 0 Å². The van der Waals surface area contributed by atoms with Crippen LogP contribution >= 0.6 is 0 Å². The van der Waals surface area contributed by atoms with Crippen LogP contribution in [0.25, 0.3) is 0 Å². The number of furan rings is 1. The van der Waals surface area contributed by atoms with Gasteiger partial charge in [0.2, 0.25) is 0 Å². The van der Waals surface area contributed by atoms with Crippen molar-refractivity contribution in [3.05, 3.63) is 89.9 Å². The number of ether oxygens (including phenoxy) is 1. The van der Waals surface area contributed by atoms with Crippen molar-refractivity contribution in [3.8, 4) is 5.75 Å². The van der Waals surface area contributed by atoms with Crippen molar-refractivity contribution in [1.82, 2.24) is 4.90 Å². The maximum atomic E-state index is 12.7. The Bertz CT molecular complexity index is 1070. The molecule has 2 heterocycles. The fourth-order valence-corrected chi connectivity index (χ4v) is 4.80. The molecular formula is C22H21NO5S. The average Bonchev–Trinajstić information content (AvgIpc) is 3.18. The van der Waals surface area contributed by atoms with Crippen molar-refractivity contribution in [2.75, 3.05) is 13.1 Å². The summed E-state index contributed by atoms with van der Waals surface area (Å²) in [5, 5.41) is -0.561. The second kappa shape index (κ2) is 8.13. The van der Waals surface area contributed by atoms with Gasteiger partial charge in [-0.3, -0.25) is 4.79 Å². The first-order valence-corrected chi connectivity index (χ1v) is 11.0. The van der Waals surface area contributed by atoms with Gasteiger partial charge >= 0.3 is 0 Å². The van der Waals surface area contributed by atoms with Gasteiger partial charge in [0, 0.05) is 18.7 Å². The topological polar surface area (TPSA) is 76.8 Å². The third kappa shape index (κ3) is 4.51. The Morgan fingerprint density at radius 3 is 2.55 bits per heavy atom. The van der Waals surface area contributed by atoms with E-state index in [2.05, 4.69) is 0 Å². The summed E-state index contributed by atoms with van der Waals surface area (Å²) >= 11 is 0. The fraction of sp³-hybridized carbons (Fsp3) is 0.227. The highest BCUT2D eigenvalue weighted by molar-refractivity contribution is 7.91. The Hall–Kier alpha value is -3.06. The summed E-state index contributed by atoms with van der Waals surface area (Å²) < 4.78 is 35.8. The highest BCUT2D eigenvalue weighted by Crippen LogP contribution is 2.24. The van der Waals surface area contributed by atoms with Gasteiger partial charge in [0.15, 0.2) is 9.84 Å². The van der Waals surface area contributed by atoms with Crippen LogP contribution < -0.4 is 4.74 Å². The highest BCUT2D eigenvalue weighted by Gasteiger charge is 2.40. The largest absolute Gasteiger partial charge is 0.489 e. The molecule has 0 aliphatic carbocycles. The highest BCUT2D eigenvalue weighted by atomic mass is 32.2. The van der Waals surface area contributed by atoms with Crippen molar-refractivity contribution in [1.29, 1.82) is 0 Å². The molecule has 4 rings (SSSR count). The van der Waals surface area contributed by atoms with Crippen LogP contribution in [0, 0.1) is 0 Å². The second-order valence-electron chi connectivity index (χ2n) is 7.02. The van der Waals surface area contributed by atoms with Gasteiger partial charge in [-0.05, 0) is 35.9 Å². The SMILES string of the molecule is O=C(c1cccc(OCc2ccccc2)c1)N1CC(S(=O)(=O)Cc2ccco2)C1. The van der Waals surface area contributed by atoms with Crippen molar-refractivity contribution < 1.29 is 22.4 Å². The molecule has 1 aliphatic rings. The van der Waals surface area contributed by atoms with Crippen molar-refractivity contribution in [2.24, 2.45) is 0 Å². The summed E-state index contributed by atoms with van der Waals surface area (Å²) in [5.74, 6) is 0.676. The summed E-state index contributed by atoms with van der Waals surface area (Å²) in [6.07, 6.45) is 1.45. The molecule has 0 radical (unpaired) electrons. The van der Waals surface area contributed by atoms with E-state index in [0.717, 1.165) is 5.56 Å². The first-order chi connectivity index (χ1) is 14.0. The zero-order valence-electron chi connectivity index (χ0n) is 15.7. The van der Waals surface area contributed by atoms with E-state index >= 15 is 0 Å². The minimum absolute atomic E-state index is 0.143. The summed E-state index contributed by atoms with van der Waals surface area (Å²) in [4.78, 5) is 14.2. The Morgan fingerprint density at radius 2 is 1.83 bits per heavy atom. The van der Waals surface area contributed by atoms with Crippen LogP contribution in [0.5, 0.6) is 5.75 Å². The normalized spacial score (nSPS) is 14.4. The maximum Gasteiger partial charge on any atom is 0.254 e. The number of hydrogen-bond acceptors (Lipinski definition) is 5. The van der Waals surface area contributed by atoms with Crippen LogP contribution in [0.4, 0.5) is 0 Å². The molecule has 1 aliphatic heterocycles. The number of carbonyl (C=O) groups is 1. The molecule has 2 aromatic carbocycles. The van der Waals surface area contributed by atoms with Crippen LogP contribution in [-0.2, 0) is 22.2 Å². The van der Waals surface area contributed by atoms with Crippen LogP contribution in [0.1, 0.15) is 21.7 Å². The van der Waals surface area contributed by atoms with E-state index < -0.39 is 15.1 Å². The van der Waals surface area contributed by atoms with E-state index in [-0.39, 0.29) is 24.7 Å². The minimum Gasteiger partial charge on any atom is -0.489 e. The number of nitrogens with zero attached hydrogens (tertiary/aromatic N) is 1. The third-order valence-electron chi connectivity index (χ3n) is 4.90. The lowest BCUT2D eigenvalue weighted by molar-refractivity contribution is 0.0658. The van der Waals surface area contributed by atoms with Gasteiger partial charge in [0.05, 0.1) is 11.5 Å². The molecule has 0 bridgehead atoms. The zero-order chi connectivity index (χ0) is 20.3. The molecule has 1 saturated heterocycles. The van der Waals surface area contributed by atoms with Gasteiger partial charge < -0.3 is 14.1 Å². The van der Waals surface area contributed by atoms with E-state index in [9.17, 15) is 13.2 Å². The molecular weight excluding hydrogens is 390 g/mol. The van der Waals surface area contributed by atoms with Crippen LogP contribution in [0.3, 0.4) is 0 Å². The van der Waals surface area contributed by atoms with E-state index in [0.29, 0.717) is 23.7 Å². The number of carbonyl (C=O) groups excluding carboxylic acids is 1. The summed E-state index contributed by atoms with van der Waals surface area (Å²) in [7, 11) is -3.35. The number of rotatable bonds is 7. The molecule has 0 N–H and O–H groups in total. The van der Waals surface area contributed by atoms with Gasteiger partial charge in [-0.15, -0.1) is 0 Å². The fourth-order valence-electron chi connectivity index (χ4n) is 3.18. The second-order valence-corrected chi connectivity index (χ2v) is 9.30. The lowest BCUT2D eigenvalue weighted by Crippen LogP contribution is -2.57.